The average Bonchev–Trinajstić information content (AvgIpc) is 2.76. The highest BCUT2D eigenvalue weighted by Crippen LogP contribution is 2.33. The van der Waals surface area contributed by atoms with E-state index in [4.69, 9.17) is 13.9 Å². The highest BCUT2D eigenvalue weighted by atomic mass is 16.5. The summed E-state index contributed by atoms with van der Waals surface area (Å²) in [6.45, 7) is 4.44. The van der Waals surface area contributed by atoms with E-state index in [1.165, 1.54) is 14.2 Å². The van der Waals surface area contributed by atoms with E-state index in [0.29, 0.717) is 6.54 Å². The van der Waals surface area contributed by atoms with Crippen molar-refractivity contribution in [2.75, 3.05) is 14.2 Å². The fourth-order valence-corrected chi connectivity index (χ4v) is 3.74. The second-order valence-electron chi connectivity index (χ2n) is 8.02. The van der Waals surface area contributed by atoms with Crippen LogP contribution in [-0.2, 0) is 27.4 Å². The maximum Gasteiger partial charge on any atom is 0.306 e. The number of aromatic nitrogens is 1. The third-order valence-corrected chi connectivity index (χ3v) is 5.16. The van der Waals surface area contributed by atoms with E-state index in [9.17, 15) is 19.5 Å². The van der Waals surface area contributed by atoms with Crippen molar-refractivity contribution >= 4 is 16.9 Å². The Labute approximate surface area is 185 Å². The zero-order chi connectivity index (χ0) is 23.4. The van der Waals surface area contributed by atoms with Crippen molar-refractivity contribution in [2.45, 2.75) is 39.3 Å². The largest absolute Gasteiger partial charge is 0.502 e. The first-order chi connectivity index (χ1) is 15.3. The molecule has 0 fully saturated rings. The monoisotopic (exact) mass is 441 g/mol. The van der Waals surface area contributed by atoms with Crippen molar-refractivity contribution in [1.82, 2.24) is 4.57 Å². The molecule has 2 aromatic heterocycles. The minimum atomic E-state index is -1.03. The molecule has 2 heterocycles. The quantitative estimate of drug-likeness (QED) is 0.535. The first-order valence-corrected chi connectivity index (χ1v) is 10.3. The van der Waals surface area contributed by atoms with Gasteiger partial charge >= 0.3 is 5.97 Å². The molecule has 0 unspecified atom stereocenters. The molecule has 3 rings (SSSR count). The molecular weight excluding hydrogens is 414 g/mol. The fraction of sp³-hybridized carbons (Fsp3) is 0.375. The molecule has 1 N–H and O–H groups in total. The van der Waals surface area contributed by atoms with Crippen LogP contribution in [0.1, 0.15) is 43.3 Å². The van der Waals surface area contributed by atoms with Gasteiger partial charge in [-0.3, -0.25) is 14.4 Å². The first-order valence-electron chi connectivity index (χ1n) is 10.3. The predicted molar refractivity (Wildman–Crippen MR) is 119 cm³/mol. The summed E-state index contributed by atoms with van der Waals surface area (Å²) >= 11 is 0. The molecule has 1 aromatic carbocycles. The van der Waals surface area contributed by atoms with E-state index in [1.54, 1.807) is 10.6 Å². The van der Waals surface area contributed by atoms with Gasteiger partial charge in [0.25, 0.3) is 5.56 Å². The van der Waals surface area contributed by atoms with Crippen molar-refractivity contribution < 1.29 is 23.8 Å². The Kier molecular flexibility index (Phi) is 7.15. The second kappa shape index (κ2) is 9.82. The number of benzene rings is 1. The summed E-state index contributed by atoms with van der Waals surface area (Å²) in [5.41, 5.74) is -0.0321. The SMILES string of the molecule is COCc1cc(=O)c(O)c([C@@H](CC(=O)OC)c2cc3ccccc3n(CC(C)C)c2=O)o1. The van der Waals surface area contributed by atoms with Crippen LogP contribution in [0.2, 0.25) is 0 Å². The molecule has 0 saturated carbocycles. The van der Waals surface area contributed by atoms with Gasteiger partial charge in [0.2, 0.25) is 11.2 Å². The second-order valence-corrected chi connectivity index (χ2v) is 8.02. The molecule has 0 spiro atoms. The molecule has 0 saturated heterocycles. The minimum Gasteiger partial charge on any atom is -0.502 e. The summed E-state index contributed by atoms with van der Waals surface area (Å²) in [4.78, 5) is 38.2. The average molecular weight is 441 g/mol. The maximum atomic E-state index is 13.6. The maximum absolute atomic E-state index is 13.6. The normalized spacial score (nSPS) is 12.3. The lowest BCUT2D eigenvalue weighted by Crippen LogP contribution is -2.29. The molecule has 0 aliphatic heterocycles. The highest BCUT2D eigenvalue weighted by Gasteiger charge is 2.30. The predicted octanol–water partition coefficient (Wildman–Crippen LogP) is 3.16. The Morgan fingerprint density at radius 2 is 1.88 bits per heavy atom. The van der Waals surface area contributed by atoms with E-state index in [-0.39, 0.29) is 41.6 Å². The molecule has 170 valence electrons. The number of methoxy groups -OCH3 is 2. The van der Waals surface area contributed by atoms with Crippen LogP contribution in [0.3, 0.4) is 0 Å². The minimum absolute atomic E-state index is 0.0111. The van der Waals surface area contributed by atoms with Crippen molar-refractivity contribution in [3.63, 3.8) is 0 Å². The molecule has 8 nitrogen and oxygen atoms in total. The van der Waals surface area contributed by atoms with Gasteiger partial charge in [-0.15, -0.1) is 0 Å². The number of para-hydroxylation sites is 1. The topological polar surface area (TPSA) is 108 Å². The summed E-state index contributed by atoms with van der Waals surface area (Å²) in [5, 5.41) is 11.3. The van der Waals surface area contributed by atoms with E-state index in [2.05, 4.69) is 0 Å². The Morgan fingerprint density at radius 1 is 1.16 bits per heavy atom. The smallest absolute Gasteiger partial charge is 0.306 e. The third-order valence-electron chi connectivity index (χ3n) is 5.16. The van der Waals surface area contributed by atoms with Crippen LogP contribution in [0.25, 0.3) is 10.9 Å². The molecule has 0 amide bonds. The Balaban J connectivity index is 2.33. The van der Waals surface area contributed by atoms with Gasteiger partial charge in [0, 0.05) is 25.3 Å². The standard InChI is InChI=1S/C24H27NO7/c1-14(2)12-25-19-8-6-5-7-15(19)9-18(24(25)29)17(11-21(27)31-4)23-22(28)20(26)10-16(32-23)13-30-3/h5-10,14,17,28H,11-13H2,1-4H3/t17-/m0/s1. The summed E-state index contributed by atoms with van der Waals surface area (Å²) in [5.74, 6) is -2.11. The van der Waals surface area contributed by atoms with Crippen molar-refractivity contribution in [2.24, 2.45) is 5.92 Å². The van der Waals surface area contributed by atoms with Crippen LogP contribution in [-0.4, -0.2) is 29.9 Å². The number of nitrogens with zero attached hydrogens (tertiary/aromatic N) is 1. The van der Waals surface area contributed by atoms with Gasteiger partial charge in [0.1, 0.15) is 12.4 Å². The van der Waals surface area contributed by atoms with Crippen LogP contribution in [0, 0.1) is 5.92 Å². The van der Waals surface area contributed by atoms with Crippen molar-refractivity contribution in [1.29, 1.82) is 0 Å². The summed E-state index contributed by atoms with van der Waals surface area (Å²) in [6, 6.07) is 10.2. The third kappa shape index (κ3) is 4.75. The summed E-state index contributed by atoms with van der Waals surface area (Å²) in [6.07, 6.45) is -0.293. The van der Waals surface area contributed by atoms with Gasteiger partial charge in [0.05, 0.1) is 25.0 Å². The lowest BCUT2D eigenvalue weighted by Gasteiger charge is -2.20. The van der Waals surface area contributed by atoms with Gasteiger partial charge in [-0.25, -0.2) is 0 Å². The van der Waals surface area contributed by atoms with Crippen LogP contribution in [0.15, 0.2) is 50.4 Å². The Bertz CT molecular complexity index is 1240. The van der Waals surface area contributed by atoms with E-state index >= 15 is 0 Å². The number of esters is 1. The number of carbonyl (C=O) groups is 1. The van der Waals surface area contributed by atoms with E-state index in [1.807, 2.05) is 38.1 Å². The summed E-state index contributed by atoms with van der Waals surface area (Å²) < 4.78 is 17.3. The number of rotatable bonds is 8. The number of pyridine rings is 1. The molecule has 1 atom stereocenters. The molecule has 32 heavy (non-hydrogen) atoms. The number of carbonyl (C=O) groups excluding carboxylic acids is 1. The van der Waals surface area contributed by atoms with Gasteiger partial charge in [-0.2, -0.15) is 0 Å². The number of aromatic hydroxyl groups is 1. The molecule has 0 aliphatic carbocycles. The number of ether oxygens (including phenoxy) is 2. The number of hydrogen-bond donors (Lipinski definition) is 1. The van der Waals surface area contributed by atoms with Gasteiger partial charge in [0.15, 0.2) is 5.76 Å². The molecule has 3 aromatic rings. The lowest BCUT2D eigenvalue weighted by atomic mass is 9.91. The van der Waals surface area contributed by atoms with Gasteiger partial charge in [-0.05, 0) is 23.4 Å². The molecule has 0 aliphatic rings. The number of fused-ring (bicyclic) bond motifs is 1. The van der Waals surface area contributed by atoms with Gasteiger partial charge < -0.3 is 23.6 Å². The molecule has 8 heteroatoms. The first kappa shape index (κ1) is 23.3. The molecule has 0 radical (unpaired) electrons. The zero-order valence-corrected chi connectivity index (χ0v) is 18.6. The van der Waals surface area contributed by atoms with Crippen molar-refractivity contribution in [3.8, 4) is 5.75 Å². The van der Waals surface area contributed by atoms with Crippen molar-refractivity contribution in [3.05, 3.63) is 74.1 Å². The molecule has 0 bridgehead atoms. The lowest BCUT2D eigenvalue weighted by molar-refractivity contribution is -0.140. The van der Waals surface area contributed by atoms with Gasteiger partial charge in [-0.1, -0.05) is 32.0 Å². The van der Waals surface area contributed by atoms with E-state index in [0.717, 1.165) is 17.0 Å². The Hall–Kier alpha value is -3.39. The van der Waals surface area contributed by atoms with Crippen LogP contribution < -0.4 is 11.0 Å². The zero-order valence-electron chi connectivity index (χ0n) is 18.6. The highest BCUT2D eigenvalue weighted by molar-refractivity contribution is 5.80. The molecular formula is C24H27NO7. The summed E-state index contributed by atoms with van der Waals surface area (Å²) in [7, 11) is 2.67. The number of hydrogen-bond acceptors (Lipinski definition) is 7. The van der Waals surface area contributed by atoms with E-state index < -0.39 is 23.1 Å². The fourth-order valence-electron chi connectivity index (χ4n) is 3.74. The van der Waals surface area contributed by atoms with Crippen LogP contribution in [0.4, 0.5) is 0 Å². The van der Waals surface area contributed by atoms with Crippen LogP contribution in [0.5, 0.6) is 5.75 Å². The Morgan fingerprint density at radius 3 is 2.53 bits per heavy atom. The van der Waals surface area contributed by atoms with Crippen LogP contribution >= 0.6 is 0 Å².